The molecule has 2 atom stereocenters. The third kappa shape index (κ3) is 3.49. The van der Waals surface area contributed by atoms with Gasteiger partial charge in [-0.25, -0.2) is 0 Å². The van der Waals surface area contributed by atoms with Crippen molar-refractivity contribution in [1.29, 1.82) is 0 Å². The first-order chi connectivity index (χ1) is 12.0. The van der Waals surface area contributed by atoms with Crippen LogP contribution in [0.1, 0.15) is 48.9 Å². The molecule has 2 bridgehead atoms. The topological polar surface area (TPSA) is 70.9 Å². The van der Waals surface area contributed by atoms with Gasteiger partial charge in [-0.2, -0.15) is 0 Å². The molecule has 26 heavy (non-hydrogen) atoms. The third-order valence-electron chi connectivity index (χ3n) is 6.62. The molecular weight excluding hydrogens is 346 g/mol. The van der Waals surface area contributed by atoms with Crippen LogP contribution in [0.25, 0.3) is 10.9 Å². The Kier molecular flexibility index (Phi) is 5.64. The smallest absolute Gasteiger partial charge is 0.223 e. The maximum Gasteiger partial charge on any atom is 0.223 e. The minimum absolute atomic E-state index is 0. The van der Waals surface area contributed by atoms with E-state index in [4.69, 9.17) is 5.73 Å². The molecule has 4 nitrogen and oxygen atoms in total. The van der Waals surface area contributed by atoms with Crippen LogP contribution in [0.4, 0.5) is 0 Å². The molecule has 1 amide bonds. The average Bonchev–Trinajstić information content (AvgIpc) is 2.87. The molecule has 0 aliphatic heterocycles. The fourth-order valence-corrected chi connectivity index (χ4v) is 4.96. The van der Waals surface area contributed by atoms with E-state index < -0.39 is 0 Å². The Labute approximate surface area is 161 Å². The SMILES string of the molecule is Cc1[nH]c2ccc(CNC(=O)C3CC4CCCC(C3)C4N)cc2c1C.Cl. The van der Waals surface area contributed by atoms with Crippen molar-refractivity contribution in [3.05, 3.63) is 35.0 Å². The summed E-state index contributed by atoms with van der Waals surface area (Å²) >= 11 is 0. The number of aryl methyl sites for hydroxylation is 2. The zero-order chi connectivity index (χ0) is 17.6. The lowest BCUT2D eigenvalue weighted by atomic mass is 9.65. The van der Waals surface area contributed by atoms with Crippen molar-refractivity contribution in [3.8, 4) is 0 Å². The highest BCUT2D eigenvalue weighted by atomic mass is 35.5. The number of nitrogens with two attached hydrogens (primary N) is 1. The van der Waals surface area contributed by atoms with E-state index in [2.05, 4.69) is 42.3 Å². The van der Waals surface area contributed by atoms with Gasteiger partial charge < -0.3 is 16.0 Å². The second-order valence-corrected chi connectivity index (χ2v) is 8.17. The monoisotopic (exact) mass is 375 g/mol. The second kappa shape index (κ2) is 7.61. The van der Waals surface area contributed by atoms with Gasteiger partial charge in [0.05, 0.1) is 0 Å². The Morgan fingerprint density at radius 1 is 1.23 bits per heavy atom. The van der Waals surface area contributed by atoms with E-state index in [9.17, 15) is 4.79 Å². The molecule has 2 unspecified atom stereocenters. The van der Waals surface area contributed by atoms with E-state index in [0.29, 0.717) is 24.4 Å². The summed E-state index contributed by atoms with van der Waals surface area (Å²) in [6.07, 6.45) is 5.62. The largest absolute Gasteiger partial charge is 0.358 e. The van der Waals surface area contributed by atoms with Gasteiger partial charge in [0.25, 0.3) is 0 Å². The fourth-order valence-electron chi connectivity index (χ4n) is 4.96. The van der Waals surface area contributed by atoms with Crippen molar-refractivity contribution >= 4 is 29.2 Å². The minimum atomic E-state index is 0. The number of aromatic nitrogens is 1. The Balaban J connectivity index is 0.00000196. The molecule has 0 radical (unpaired) electrons. The summed E-state index contributed by atoms with van der Waals surface area (Å²) in [5.41, 5.74) is 11.2. The van der Waals surface area contributed by atoms with Crippen LogP contribution in [0.15, 0.2) is 18.2 Å². The molecule has 4 N–H and O–H groups in total. The molecule has 2 aromatic rings. The minimum Gasteiger partial charge on any atom is -0.358 e. The van der Waals surface area contributed by atoms with Gasteiger partial charge in [0.15, 0.2) is 0 Å². The molecule has 2 saturated carbocycles. The Morgan fingerprint density at radius 2 is 1.92 bits per heavy atom. The summed E-state index contributed by atoms with van der Waals surface area (Å²) in [6, 6.07) is 6.73. The Morgan fingerprint density at radius 3 is 2.62 bits per heavy atom. The summed E-state index contributed by atoms with van der Waals surface area (Å²) < 4.78 is 0. The number of rotatable bonds is 3. The summed E-state index contributed by atoms with van der Waals surface area (Å²) in [4.78, 5) is 16.1. The van der Waals surface area contributed by atoms with E-state index in [1.165, 1.54) is 41.4 Å². The lowest BCUT2D eigenvalue weighted by molar-refractivity contribution is -0.128. The van der Waals surface area contributed by atoms with Crippen molar-refractivity contribution in [3.63, 3.8) is 0 Å². The van der Waals surface area contributed by atoms with Gasteiger partial charge >= 0.3 is 0 Å². The van der Waals surface area contributed by atoms with Crippen LogP contribution in [-0.4, -0.2) is 16.9 Å². The van der Waals surface area contributed by atoms with Crippen molar-refractivity contribution in [2.24, 2.45) is 23.5 Å². The van der Waals surface area contributed by atoms with Crippen LogP contribution in [0.5, 0.6) is 0 Å². The Bertz CT molecular complexity index is 786. The maximum absolute atomic E-state index is 12.7. The molecule has 0 spiro atoms. The van der Waals surface area contributed by atoms with Crippen LogP contribution in [-0.2, 0) is 11.3 Å². The van der Waals surface area contributed by atoms with Crippen LogP contribution in [0.2, 0.25) is 0 Å². The molecule has 1 heterocycles. The fraction of sp³-hybridized carbons (Fsp3) is 0.571. The van der Waals surface area contributed by atoms with Gasteiger partial charge in [0.1, 0.15) is 0 Å². The molecule has 5 heteroatoms. The predicted molar refractivity (Wildman–Crippen MR) is 108 cm³/mol. The molecule has 142 valence electrons. The number of amides is 1. The molecule has 2 aliphatic rings. The molecule has 4 rings (SSSR count). The number of nitrogens with one attached hydrogen (secondary N) is 2. The highest BCUT2D eigenvalue weighted by molar-refractivity contribution is 5.85. The van der Waals surface area contributed by atoms with Crippen LogP contribution >= 0.6 is 12.4 Å². The molecule has 1 aromatic carbocycles. The standard InChI is InChI=1S/C21H29N3O.ClH/c1-12-13(2)24-19-7-6-14(8-18(12)19)11-23-21(25)17-9-15-4-3-5-16(10-17)20(15)22;/h6-8,15-17,20,24H,3-5,9-11,22H2,1-2H3,(H,23,25);1H. The number of fused-ring (bicyclic) bond motifs is 3. The van der Waals surface area contributed by atoms with Crippen molar-refractivity contribution < 1.29 is 4.79 Å². The Hall–Kier alpha value is -1.52. The van der Waals surface area contributed by atoms with Gasteiger partial charge in [0.2, 0.25) is 5.91 Å². The third-order valence-corrected chi connectivity index (χ3v) is 6.62. The predicted octanol–water partition coefficient (Wildman–Crippen LogP) is 3.98. The number of hydrogen-bond acceptors (Lipinski definition) is 2. The molecule has 1 aromatic heterocycles. The van der Waals surface area contributed by atoms with E-state index in [1.807, 2.05) is 0 Å². The lowest BCUT2D eigenvalue weighted by Gasteiger charge is -2.43. The first-order valence-corrected chi connectivity index (χ1v) is 9.64. The van der Waals surface area contributed by atoms with E-state index >= 15 is 0 Å². The van der Waals surface area contributed by atoms with E-state index in [0.717, 1.165) is 18.4 Å². The number of halogens is 1. The first kappa shape index (κ1) is 19.2. The van der Waals surface area contributed by atoms with Crippen LogP contribution in [0.3, 0.4) is 0 Å². The molecule has 2 fully saturated rings. The summed E-state index contributed by atoms with van der Waals surface area (Å²) in [5.74, 6) is 1.45. The average molecular weight is 376 g/mol. The number of benzene rings is 1. The van der Waals surface area contributed by atoms with Crippen LogP contribution < -0.4 is 11.1 Å². The second-order valence-electron chi connectivity index (χ2n) is 8.17. The number of hydrogen-bond donors (Lipinski definition) is 3. The quantitative estimate of drug-likeness (QED) is 0.759. The van der Waals surface area contributed by atoms with Crippen LogP contribution in [0, 0.1) is 31.6 Å². The lowest BCUT2D eigenvalue weighted by Crippen LogP contribution is -2.49. The van der Waals surface area contributed by atoms with Crippen molar-refractivity contribution in [2.75, 3.05) is 0 Å². The first-order valence-electron chi connectivity index (χ1n) is 9.64. The summed E-state index contributed by atoms with van der Waals surface area (Å²) in [7, 11) is 0. The highest BCUT2D eigenvalue weighted by Gasteiger charge is 2.40. The zero-order valence-electron chi connectivity index (χ0n) is 15.7. The molecule has 0 saturated heterocycles. The van der Waals surface area contributed by atoms with E-state index in [1.54, 1.807) is 0 Å². The highest BCUT2D eigenvalue weighted by Crippen LogP contribution is 2.41. The van der Waals surface area contributed by atoms with Gasteiger partial charge in [-0.3, -0.25) is 4.79 Å². The maximum atomic E-state index is 12.7. The molecule has 2 aliphatic carbocycles. The van der Waals surface area contributed by atoms with Crippen molar-refractivity contribution in [2.45, 2.75) is 58.5 Å². The van der Waals surface area contributed by atoms with Gasteiger partial charge in [0, 0.05) is 35.1 Å². The zero-order valence-corrected chi connectivity index (χ0v) is 16.5. The number of aromatic amines is 1. The summed E-state index contributed by atoms with van der Waals surface area (Å²) in [5, 5.41) is 4.43. The number of H-pyrrole nitrogens is 1. The normalized spacial score (nSPS) is 27.8. The molecular formula is C21H30ClN3O. The van der Waals surface area contributed by atoms with Gasteiger partial charge in [-0.05, 0) is 74.6 Å². The number of carbonyl (C=O) groups is 1. The van der Waals surface area contributed by atoms with E-state index in [-0.39, 0.29) is 24.2 Å². The van der Waals surface area contributed by atoms with Crippen molar-refractivity contribution in [1.82, 2.24) is 10.3 Å². The van der Waals surface area contributed by atoms with Gasteiger partial charge in [-0.1, -0.05) is 12.5 Å². The number of carbonyl (C=O) groups excluding carboxylic acids is 1. The van der Waals surface area contributed by atoms with Gasteiger partial charge in [-0.15, -0.1) is 12.4 Å². The summed E-state index contributed by atoms with van der Waals surface area (Å²) in [6.45, 7) is 4.85.